The molecule has 2 N–H and O–H groups in total. The van der Waals surface area contributed by atoms with Gasteiger partial charge < -0.3 is 15.4 Å². The van der Waals surface area contributed by atoms with Gasteiger partial charge in [0, 0.05) is 18.7 Å². The number of carbonyl (C=O) groups excluding carboxylic acids is 2. The maximum Gasteiger partial charge on any atom is 0.243 e. The van der Waals surface area contributed by atoms with E-state index in [1.165, 1.54) is 6.08 Å². The molecule has 1 aliphatic rings. The van der Waals surface area contributed by atoms with Crippen molar-refractivity contribution in [1.29, 1.82) is 0 Å². The Morgan fingerprint density at radius 1 is 1.53 bits per heavy atom. The van der Waals surface area contributed by atoms with Crippen LogP contribution in [-0.4, -0.2) is 49.4 Å². The van der Waals surface area contributed by atoms with Crippen molar-refractivity contribution in [3.05, 3.63) is 24.8 Å². The molecule has 1 unspecified atom stereocenters. The van der Waals surface area contributed by atoms with Crippen LogP contribution in [0.4, 0.5) is 0 Å². The van der Waals surface area contributed by atoms with Gasteiger partial charge in [-0.2, -0.15) is 0 Å². The fourth-order valence-electron chi connectivity index (χ4n) is 1.08. The largest absolute Gasteiger partial charge is 0.367 e. The maximum atomic E-state index is 11.0. The highest BCUT2D eigenvalue weighted by molar-refractivity contribution is 5.93. The summed E-state index contributed by atoms with van der Waals surface area (Å²) < 4.78 is 5.24. The Labute approximate surface area is 102 Å². The van der Waals surface area contributed by atoms with Gasteiger partial charge in [-0.25, -0.2) is 0 Å². The van der Waals surface area contributed by atoms with Crippen LogP contribution >= 0.6 is 0 Å². The Morgan fingerprint density at radius 2 is 2.06 bits per heavy atom. The number of ketones is 1. The van der Waals surface area contributed by atoms with Crippen molar-refractivity contribution in [3.8, 4) is 0 Å². The molecule has 0 spiro atoms. The van der Waals surface area contributed by atoms with E-state index in [1.54, 1.807) is 6.92 Å². The molecule has 0 bridgehead atoms. The quantitative estimate of drug-likeness (QED) is 0.711. The second-order valence-corrected chi connectivity index (χ2v) is 3.87. The van der Waals surface area contributed by atoms with Gasteiger partial charge in [-0.3, -0.25) is 9.59 Å². The fraction of sp³-hybridized carbons (Fsp3) is 0.500. The molecule has 1 heterocycles. The Bertz CT molecular complexity index is 301. The van der Waals surface area contributed by atoms with Crippen molar-refractivity contribution < 1.29 is 14.3 Å². The molecule has 0 aromatic rings. The summed E-state index contributed by atoms with van der Waals surface area (Å²) in [7, 11) is 1.98. The minimum absolute atomic E-state index is 0.0171. The zero-order valence-corrected chi connectivity index (χ0v) is 10.4. The molecule has 1 saturated heterocycles. The van der Waals surface area contributed by atoms with Crippen molar-refractivity contribution in [3.63, 3.8) is 0 Å². The van der Waals surface area contributed by atoms with Crippen molar-refractivity contribution in [2.24, 2.45) is 5.73 Å². The summed E-state index contributed by atoms with van der Waals surface area (Å²) in [5.41, 5.74) is 5.09. The molecule has 5 heteroatoms. The average molecular weight is 240 g/mol. The number of carbonyl (C=O) groups is 2. The van der Waals surface area contributed by atoms with Gasteiger partial charge in [-0.05, 0) is 20.0 Å². The lowest BCUT2D eigenvalue weighted by atomic mass is 10.2. The number of ether oxygens (including phenoxy) is 1. The Kier molecular flexibility index (Phi) is 7.09. The molecule has 1 aliphatic heterocycles. The Balaban J connectivity index is 0.000000366. The molecule has 5 nitrogen and oxygen atoms in total. The van der Waals surface area contributed by atoms with Crippen molar-refractivity contribution in [2.45, 2.75) is 13.0 Å². The Morgan fingerprint density at radius 3 is 2.41 bits per heavy atom. The number of primary amides is 1. The number of rotatable bonds is 3. The SMILES string of the molecule is C=C(C)C(N)=O.C=CC(=O)C1CN(C)CCO1. The third-order valence-electron chi connectivity index (χ3n) is 2.21. The zero-order chi connectivity index (χ0) is 13.4. The summed E-state index contributed by atoms with van der Waals surface area (Å²) >= 11 is 0. The van der Waals surface area contributed by atoms with Gasteiger partial charge in [0.15, 0.2) is 5.78 Å². The molecule has 1 atom stereocenters. The Hall–Kier alpha value is -1.46. The molecule has 1 fully saturated rings. The smallest absolute Gasteiger partial charge is 0.243 e. The number of hydrogen-bond acceptors (Lipinski definition) is 4. The third kappa shape index (κ3) is 6.65. The number of amides is 1. The van der Waals surface area contributed by atoms with Crippen LogP contribution in [0.5, 0.6) is 0 Å². The van der Waals surface area contributed by atoms with Gasteiger partial charge >= 0.3 is 0 Å². The lowest BCUT2D eigenvalue weighted by Gasteiger charge is -2.28. The van der Waals surface area contributed by atoms with E-state index in [0.29, 0.717) is 18.7 Å². The molecule has 1 amide bonds. The van der Waals surface area contributed by atoms with E-state index in [1.807, 2.05) is 7.05 Å². The molecule has 96 valence electrons. The number of nitrogens with two attached hydrogens (primary N) is 1. The lowest BCUT2D eigenvalue weighted by molar-refractivity contribution is -0.130. The van der Waals surface area contributed by atoms with E-state index in [0.717, 1.165) is 6.54 Å². The van der Waals surface area contributed by atoms with Crippen LogP contribution in [0.25, 0.3) is 0 Å². The first-order valence-corrected chi connectivity index (χ1v) is 5.30. The first-order chi connectivity index (χ1) is 7.88. The predicted octanol–water partition coefficient (Wildman–Crippen LogP) is 0.120. The van der Waals surface area contributed by atoms with E-state index >= 15 is 0 Å². The number of nitrogens with zero attached hydrogens (tertiary/aromatic N) is 1. The van der Waals surface area contributed by atoms with Gasteiger partial charge in [-0.15, -0.1) is 0 Å². The molecule has 0 radical (unpaired) electrons. The standard InChI is InChI=1S/C8H13NO2.C4H7NO/c1-3-7(10)8-6-9(2)4-5-11-8;1-3(2)4(5)6/h3,8H,1,4-6H2,2H3;1H2,2H3,(H2,5,6). The average Bonchev–Trinajstić information content (AvgIpc) is 2.28. The second kappa shape index (κ2) is 7.76. The van der Waals surface area contributed by atoms with Crippen LogP contribution in [0.2, 0.25) is 0 Å². The second-order valence-electron chi connectivity index (χ2n) is 3.87. The third-order valence-corrected chi connectivity index (χ3v) is 2.21. The molecular formula is C12H20N2O3. The van der Waals surface area contributed by atoms with E-state index in [9.17, 15) is 9.59 Å². The van der Waals surface area contributed by atoms with Crippen LogP contribution in [0.15, 0.2) is 24.8 Å². The molecular weight excluding hydrogens is 220 g/mol. The normalized spacial score (nSPS) is 19.8. The summed E-state index contributed by atoms with van der Waals surface area (Å²) in [6.45, 7) is 10.5. The van der Waals surface area contributed by atoms with Gasteiger partial charge in [-0.1, -0.05) is 13.2 Å². The molecule has 0 aromatic carbocycles. The summed E-state index contributed by atoms with van der Waals surface area (Å²) in [5, 5.41) is 0. The highest BCUT2D eigenvalue weighted by Crippen LogP contribution is 2.03. The van der Waals surface area contributed by atoms with E-state index in [-0.39, 0.29) is 11.9 Å². The first-order valence-electron chi connectivity index (χ1n) is 5.30. The highest BCUT2D eigenvalue weighted by atomic mass is 16.5. The van der Waals surface area contributed by atoms with Crippen molar-refractivity contribution in [1.82, 2.24) is 4.90 Å². The van der Waals surface area contributed by atoms with Gasteiger partial charge in [0.05, 0.1) is 6.61 Å². The predicted molar refractivity (Wildman–Crippen MR) is 66.4 cm³/mol. The molecule has 0 aliphatic carbocycles. The monoisotopic (exact) mass is 240 g/mol. The number of morpholine rings is 1. The summed E-state index contributed by atoms with van der Waals surface area (Å²) in [4.78, 5) is 22.9. The summed E-state index contributed by atoms with van der Waals surface area (Å²) in [6, 6.07) is 0. The van der Waals surface area contributed by atoms with Crippen LogP contribution in [0.3, 0.4) is 0 Å². The number of likely N-dealkylation sites (N-methyl/N-ethyl adjacent to an activating group) is 1. The van der Waals surface area contributed by atoms with Crippen LogP contribution in [0.1, 0.15) is 6.92 Å². The highest BCUT2D eigenvalue weighted by Gasteiger charge is 2.21. The van der Waals surface area contributed by atoms with Crippen molar-refractivity contribution in [2.75, 3.05) is 26.7 Å². The lowest BCUT2D eigenvalue weighted by Crippen LogP contribution is -2.43. The van der Waals surface area contributed by atoms with Crippen LogP contribution < -0.4 is 5.73 Å². The minimum atomic E-state index is -0.435. The van der Waals surface area contributed by atoms with Crippen LogP contribution in [0, 0.1) is 0 Å². The molecule has 1 rings (SSSR count). The van der Waals surface area contributed by atoms with Crippen LogP contribution in [-0.2, 0) is 14.3 Å². The van der Waals surface area contributed by atoms with E-state index in [2.05, 4.69) is 18.1 Å². The molecule has 17 heavy (non-hydrogen) atoms. The van der Waals surface area contributed by atoms with Crippen molar-refractivity contribution >= 4 is 11.7 Å². The molecule has 0 saturated carbocycles. The van der Waals surface area contributed by atoms with Gasteiger partial charge in [0.1, 0.15) is 6.10 Å². The number of hydrogen-bond donors (Lipinski definition) is 1. The topological polar surface area (TPSA) is 72.6 Å². The van der Waals surface area contributed by atoms with E-state index < -0.39 is 5.91 Å². The van der Waals surface area contributed by atoms with E-state index in [4.69, 9.17) is 10.5 Å². The maximum absolute atomic E-state index is 11.0. The molecule has 0 aromatic heterocycles. The van der Waals surface area contributed by atoms with Gasteiger partial charge in [0.25, 0.3) is 0 Å². The summed E-state index contributed by atoms with van der Waals surface area (Å²) in [5.74, 6) is -0.452. The summed E-state index contributed by atoms with van der Waals surface area (Å²) in [6.07, 6.45) is 1.04. The minimum Gasteiger partial charge on any atom is -0.367 e. The van der Waals surface area contributed by atoms with Gasteiger partial charge in [0.2, 0.25) is 5.91 Å². The fourth-order valence-corrected chi connectivity index (χ4v) is 1.08. The first kappa shape index (κ1) is 15.5. The zero-order valence-electron chi connectivity index (χ0n) is 10.4.